The maximum Gasteiger partial charge on any atom is 0.310 e. The molecule has 2 heterocycles. The zero-order valence-corrected chi connectivity index (χ0v) is 14.0. The second kappa shape index (κ2) is 7.26. The highest BCUT2D eigenvalue weighted by Crippen LogP contribution is 2.16. The van der Waals surface area contributed by atoms with Crippen LogP contribution >= 0.6 is 0 Å². The van der Waals surface area contributed by atoms with E-state index in [1.807, 2.05) is 18.5 Å². The summed E-state index contributed by atoms with van der Waals surface area (Å²) in [6, 6.07) is 3.38. The van der Waals surface area contributed by atoms with Gasteiger partial charge in [0.25, 0.3) is 0 Å². The van der Waals surface area contributed by atoms with E-state index in [-0.39, 0.29) is 18.8 Å². The Balaban J connectivity index is 1.95. The number of nitrogens with one attached hydrogen (secondary N) is 1. The van der Waals surface area contributed by atoms with Crippen LogP contribution < -0.4 is 0 Å². The molecule has 124 valence electrons. The van der Waals surface area contributed by atoms with Gasteiger partial charge in [0, 0.05) is 24.0 Å². The molecule has 0 aliphatic rings. The summed E-state index contributed by atoms with van der Waals surface area (Å²) in [5.74, 6) is -0.182. The minimum absolute atomic E-state index is 0.133. The van der Waals surface area contributed by atoms with E-state index in [1.165, 1.54) is 0 Å². The Morgan fingerprint density at radius 1 is 1.35 bits per heavy atom. The summed E-state index contributed by atoms with van der Waals surface area (Å²) in [6.07, 6.45) is 1.79. The van der Waals surface area contributed by atoms with Gasteiger partial charge in [-0.15, -0.1) is 0 Å². The van der Waals surface area contributed by atoms with Crippen LogP contribution in [0, 0.1) is 19.8 Å². The fourth-order valence-electron chi connectivity index (χ4n) is 2.44. The molecule has 0 unspecified atom stereocenters. The Labute approximate surface area is 135 Å². The van der Waals surface area contributed by atoms with E-state index in [9.17, 15) is 9.59 Å². The molecular weight excluding hydrogens is 294 g/mol. The SMILES string of the molecule is Cc1nn(CC(C)C)c(C)c1CC(=O)OCC(=O)c1ccc[nH]1. The van der Waals surface area contributed by atoms with Crippen LogP contribution in [0.15, 0.2) is 18.3 Å². The third-order valence-electron chi connectivity index (χ3n) is 3.65. The third kappa shape index (κ3) is 4.31. The van der Waals surface area contributed by atoms with Crippen LogP contribution in [0.3, 0.4) is 0 Å². The van der Waals surface area contributed by atoms with Gasteiger partial charge in [0.2, 0.25) is 5.78 Å². The monoisotopic (exact) mass is 317 g/mol. The number of H-pyrrole nitrogens is 1. The van der Waals surface area contributed by atoms with Gasteiger partial charge in [0.05, 0.1) is 17.8 Å². The highest BCUT2D eigenvalue weighted by atomic mass is 16.5. The van der Waals surface area contributed by atoms with E-state index in [2.05, 4.69) is 23.9 Å². The summed E-state index contributed by atoms with van der Waals surface area (Å²) < 4.78 is 7.01. The quantitative estimate of drug-likeness (QED) is 0.628. The van der Waals surface area contributed by atoms with Crippen LogP contribution in [0.25, 0.3) is 0 Å². The Morgan fingerprint density at radius 2 is 2.09 bits per heavy atom. The molecule has 0 bridgehead atoms. The summed E-state index contributed by atoms with van der Waals surface area (Å²) in [4.78, 5) is 26.6. The fraction of sp³-hybridized carbons (Fsp3) is 0.471. The molecule has 23 heavy (non-hydrogen) atoms. The van der Waals surface area contributed by atoms with Crippen LogP contribution in [0.1, 0.15) is 41.3 Å². The molecule has 0 spiro atoms. The van der Waals surface area contributed by atoms with E-state index < -0.39 is 5.97 Å². The smallest absolute Gasteiger partial charge is 0.310 e. The second-order valence-corrected chi connectivity index (χ2v) is 6.07. The van der Waals surface area contributed by atoms with Gasteiger partial charge in [-0.05, 0) is 31.9 Å². The van der Waals surface area contributed by atoms with Crippen molar-refractivity contribution in [1.82, 2.24) is 14.8 Å². The molecule has 0 aliphatic carbocycles. The predicted octanol–water partition coefficient (Wildman–Crippen LogP) is 2.45. The lowest BCUT2D eigenvalue weighted by Crippen LogP contribution is -2.16. The number of aryl methyl sites for hydroxylation is 1. The summed E-state index contributed by atoms with van der Waals surface area (Å²) in [6.45, 7) is 8.64. The number of hydrogen-bond donors (Lipinski definition) is 1. The van der Waals surface area contributed by atoms with Crippen molar-refractivity contribution < 1.29 is 14.3 Å². The number of esters is 1. The normalized spacial score (nSPS) is 11.0. The molecule has 0 fully saturated rings. The summed E-state index contributed by atoms with van der Waals surface area (Å²) in [7, 11) is 0. The Hall–Kier alpha value is -2.37. The van der Waals surface area contributed by atoms with E-state index in [1.54, 1.807) is 18.3 Å². The Bertz CT molecular complexity index is 684. The number of ether oxygens (including phenoxy) is 1. The van der Waals surface area contributed by atoms with Crippen LogP contribution in [-0.4, -0.2) is 33.1 Å². The lowest BCUT2D eigenvalue weighted by molar-refractivity contribution is -0.141. The van der Waals surface area contributed by atoms with E-state index in [0.717, 1.165) is 23.5 Å². The molecule has 6 heteroatoms. The number of hydrogen-bond acceptors (Lipinski definition) is 4. The largest absolute Gasteiger partial charge is 0.457 e. The highest BCUT2D eigenvalue weighted by molar-refractivity contribution is 5.96. The summed E-state index contributed by atoms with van der Waals surface area (Å²) in [5, 5.41) is 4.48. The average molecular weight is 317 g/mol. The molecule has 6 nitrogen and oxygen atoms in total. The van der Waals surface area contributed by atoms with Crippen molar-refractivity contribution in [1.29, 1.82) is 0 Å². The molecule has 0 atom stereocenters. The third-order valence-corrected chi connectivity index (χ3v) is 3.65. The molecule has 0 aromatic carbocycles. The van der Waals surface area contributed by atoms with Crippen LogP contribution in [0.2, 0.25) is 0 Å². The number of Topliss-reactive ketones (excluding diaryl/α,β-unsaturated/α-hetero) is 1. The molecule has 1 N–H and O–H groups in total. The van der Waals surface area contributed by atoms with Gasteiger partial charge in [-0.25, -0.2) is 0 Å². The minimum atomic E-state index is -0.416. The van der Waals surface area contributed by atoms with E-state index in [4.69, 9.17) is 4.74 Å². The molecule has 0 radical (unpaired) electrons. The highest BCUT2D eigenvalue weighted by Gasteiger charge is 2.17. The lowest BCUT2D eigenvalue weighted by Gasteiger charge is -2.08. The zero-order chi connectivity index (χ0) is 17.0. The van der Waals surface area contributed by atoms with Crippen molar-refractivity contribution in [3.8, 4) is 0 Å². The lowest BCUT2D eigenvalue weighted by atomic mass is 10.1. The number of aromatic amines is 1. The summed E-state index contributed by atoms with van der Waals surface area (Å²) >= 11 is 0. The van der Waals surface area contributed by atoms with E-state index in [0.29, 0.717) is 11.6 Å². The van der Waals surface area contributed by atoms with Gasteiger partial charge in [0.1, 0.15) is 0 Å². The van der Waals surface area contributed by atoms with Gasteiger partial charge < -0.3 is 9.72 Å². The molecular formula is C17H23N3O3. The molecule has 2 aromatic heterocycles. The van der Waals surface area contributed by atoms with E-state index >= 15 is 0 Å². The summed E-state index contributed by atoms with van der Waals surface area (Å²) in [5.41, 5.74) is 3.12. The Morgan fingerprint density at radius 3 is 2.70 bits per heavy atom. The number of rotatable bonds is 7. The molecule has 0 saturated carbocycles. The molecule has 2 rings (SSSR count). The van der Waals surface area contributed by atoms with Crippen molar-refractivity contribution in [2.45, 2.75) is 40.7 Å². The van der Waals surface area contributed by atoms with Crippen LogP contribution in [0.5, 0.6) is 0 Å². The first-order chi connectivity index (χ1) is 10.9. The predicted molar refractivity (Wildman–Crippen MR) is 86.3 cm³/mol. The van der Waals surface area contributed by atoms with Crippen molar-refractivity contribution in [3.05, 3.63) is 41.0 Å². The topological polar surface area (TPSA) is 77.0 Å². The first-order valence-electron chi connectivity index (χ1n) is 7.73. The Kier molecular flexibility index (Phi) is 5.36. The number of carbonyl (C=O) groups excluding carboxylic acids is 2. The minimum Gasteiger partial charge on any atom is -0.457 e. The molecule has 2 aromatic rings. The van der Waals surface area contributed by atoms with Gasteiger partial charge in [-0.3, -0.25) is 14.3 Å². The number of nitrogens with zero attached hydrogens (tertiary/aromatic N) is 2. The first-order valence-corrected chi connectivity index (χ1v) is 7.73. The van der Waals surface area contributed by atoms with Gasteiger partial charge in [-0.1, -0.05) is 13.8 Å². The van der Waals surface area contributed by atoms with Crippen LogP contribution in [-0.2, 0) is 22.5 Å². The number of aromatic nitrogens is 3. The molecule has 0 aliphatic heterocycles. The van der Waals surface area contributed by atoms with Crippen molar-refractivity contribution in [2.24, 2.45) is 5.92 Å². The standard InChI is InChI=1S/C17H23N3O3/c1-11(2)9-20-13(4)14(12(3)19-20)8-17(22)23-10-16(21)15-6-5-7-18-15/h5-7,11,18H,8-10H2,1-4H3. The van der Waals surface area contributed by atoms with Gasteiger partial charge in [0.15, 0.2) is 6.61 Å². The van der Waals surface area contributed by atoms with Crippen LogP contribution in [0.4, 0.5) is 0 Å². The van der Waals surface area contributed by atoms with Gasteiger partial charge >= 0.3 is 5.97 Å². The average Bonchev–Trinajstić information content (AvgIpc) is 3.09. The maximum atomic E-state index is 12.0. The fourth-order valence-corrected chi connectivity index (χ4v) is 2.44. The number of carbonyl (C=O) groups is 2. The molecule has 0 saturated heterocycles. The van der Waals surface area contributed by atoms with Crippen molar-refractivity contribution in [3.63, 3.8) is 0 Å². The maximum absolute atomic E-state index is 12.0. The first kappa shape index (κ1) is 17.0. The molecule has 0 amide bonds. The van der Waals surface area contributed by atoms with Gasteiger partial charge in [-0.2, -0.15) is 5.10 Å². The number of ketones is 1. The second-order valence-electron chi connectivity index (χ2n) is 6.07. The zero-order valence-electron chi connectivity index (χ0n) is 14.0. The van der Waals surface area contributed by atoms with Crippen molar-refractivity contribution in [2.75, 3.05) is 6.61 Å². The van der Waals surface area contributed by atoms with Crippen molar-refractivity contribution >= 4 is 11.8 Å².